The number of carbonyl (C=O) groups excluding carboxylic acids is 2. The molecule has 0 rings (SSSR count). The Hall–Kier alpha value is -1.81. The number of esters is 2. The summed E-state index contributed by atoms with van der Waals surface area (Å²) in [6, 6.07) is 0. The van der Waals surface area contributed by atoms with Gasteiger partial charge in [0.1, 0.15) is 12.7 Å². The molecule has 0 aliphatic carbocycles. The number of phosphoric ester groups is 1. The largest absolute Gasteiger partial charge is 0.472 e. The molecule has 3 atom stereocenters. The molecular formula is C39H71O10P. The fourth-order valence-corrected chi connectivity index (χ4v) is 5.73. The second-order valence-electron chi connectivity index (χ2n) is 12.9. The van der Waals surface area contributed by atoms with Crippen molar-refractivity contribution in [2.75, 3.05) is 26.4 Å². The minimum atomic E-state index is -4.62. The van der Waals surface area contributed by atoms with Crippen molar-refractivity contribution in [2.24, 2.45) is 0 Å². The second-order valence-corrected chi connectivity index (χ2v) is 14.4. The molecule has 0 aromatic rings. The molecule has 0 fully saturated rings. The quantitative estimate of drug-likeness (QED) is 0.0246. The van der Waals surface area contributed by atoms with Gasteiger partial charge in [-0.25, -0.2) is 4.57 Å². The zero-order valence-corrected chi connectivity index (χ0v) is 32.3. The number of carbonyl (C=O) groups is 2. The van der Waals surface area contributed by atoms with Crippen molar-refractivity contribution in [1.82, 2.24) is 0 Å². The van der Waals surface area contributed by atoms with E-state index in [1.807, 2.05) is 0 Å². The third-order valence-corrected chi connectivity index (χ3v) is 8.97. The van der Waals surface area contributed by atoms with Gasteiger partial charge in [-0.15, -0.1) is 0 Å². The predicted octanol–water partition coefficient (Wildman–Crippen LogP) is 9.61. The maximum absolute atomic E-state index is 12.5. The Morgan fingerprint density at radius 2 is 1.06 bits per heavy atom. The number of aliphatic hydroxyl groups is 2. The van der Waals surface area contributed by atoms with E-state index >= 15 is 0 Å². The van der Waals surface area contributed by atoms with Crippen molar-refractivity contribution in [1.29, 1.82) is 0 Å². The highest BCUT2D eigenvalue weighted by atomic mass is 31.2. The predicted molar refractivity (Wildman–Crippen MR) is 201 cm³/mol. The molecule has 0 bridgehead atoms. The molecule has 0 aliphatic heterocycles. The maximum atomic E-state index is 12.5. The van der Waals surface area contributed by atoms with Gasteiger partial charge >= 0.3 is 19.8 Å². The van der Waals surface area contributed by atoms with Crippen molar-refractivity contribution < 1.29 is 47.8 Å². The Morgan fingerprint density at radius 3 is 1.62 bits per heavy atom. The number of aliphatic hydroxyl groups excluding tert-OH is 2. The third kappa shape index (κ3) is 34.6. The maximum Gasteiger partial charge on any atom is 0.472 e. The monoisotopic (exact) mass is 730 g/mol. The number of unbranched alkanes of at least 4 members (excludes halogenated alkanes) is 16. The molecule has 0 aliphatic rings. The molecule has 10 nitrogen and oxygen atoms in total. The van der Waals surface area contributed by atoms with Gasteiger partial charge in [-0.05, 0) is 64.2 Å². The number of ether oxygens (including phenoxy) is 2. The van der Waals surface area contributed by atoms with Crippen LogP contribution in [0, 0.1) is 0 Å². The zero-order chi connectivity index (χ0) is 37.0. The van der Waals surface area contributed by atoms with Crippen LogP contribution >= 0.6 is 7.82 Å². The van der Waals surface area contributed by atoms with Crippen LogP contribution in [0.15, 0.2) is 36.5 Å². The van der Waals surface area contributed by atoms with Gasteiger partial charge in [-0.1, -0.05) is 121 Å². The number of allylic oxidation sites excluding steroid dienone is 6. The van der Waals surface area contributed by atoms with Gasteiger partial charge in [0, 0.05) is 12.8 Å². The fourth-order valence-electron chi connectivity index (χ4n) is 4.94. The summed E-state index contributed by atoms with van der Waals surface area (Å²) in [5.41, 5.74) is 0. The lowest BCUT2D eigenvalue weighted by molar-refractivity contribution is -0.161. The van der Waals surface area contributed by atoms with Crippen LogP contribution in [0.2, 0.25) is 0 Å². The highest BCUT2D eigenvalue weighted by Gasteiger charge is 2.27. The summed E-state index contributed by atoms with van der Waals surface area (Å²) in [5.74, 6) is -0.954. The molecule has 1 unspecified atom stereocenters. The van der Waals surface area contributed by atoms with Crippen LogP contribution in [0.1, 0.15) is 162 Å². The summed E-state index contributed by atoms with van der Waals surface area (Å²) in [4.78, 5) is 34.8. The normalized spacial score (nSPS) is 14.4. The standard InChI is InChI=1S/C39H71O10P/c1-3-5-7-9-11-13-15-17-19-20-22-24-26-28-30-38(42)46-34-37(35-48-50(44,45)47-33-36(41)32-40)49-39(43)31-29-27-25-23-21-18-16-14-12-10-8-6-4-2/h9,11,14-17,36-37,40-41H,3-8,10,12-13,18-35H2,1-2H3,(H,44,45)/b11-9-,16-14-,17-15-/t36-,37+/m0/s1. The van der Waals surface area contributed by atoms with Gasteiger partial charge in [0.25, 0.3) is 0 Å². The van der Waals surface area contributed by atoms with Crippen LogP contribution < -0.4 is 0 Å². The fraction of sp³-hybridized carbons (Fsp3) is 0.795. The molecule has 0 aromatic heterocycles. The van der Waals surface area contributed by atoms with Crippen LogP contribution in [0.25, 0.3) is 0 Å². The van der Waals surface area contributed by atoms with Gasteiger partial charge in [0.05, 0.1) is 19.8 Å². The van der Waals surface area contributed by atoms with Crippen LogP contribution in [0.4, 0.5) is 0 Å². The first-order valence-electron chi connectivity index (χ1n) is 19.4. The Balaban J connectivity index is 4.40. The third-order valence-electron chi connectivity index (χ3n) is 8.02. The van der Waals surface area contributed by atoms with Crippen LogP contribution in [-0.2, 0) is 32.7 Å². The lowest BCUT2D eigenvalue weighted by atomic mass is 10.1. The number of phosphoric acid groups is 1. The molecule has 292 valence electrons. The molecule has 0 radical (unpaired) electrons. The number of hydrogen-bond donors (Lipinski definition) is 3. The highest BCUT2D eigenvalue weighted by Crippen LogP contribution is 2.43. The summed E-state index contributed by atoms with van der Waals surface area (Å²) < 4.78 is 32.6. The Kier molecular flexibility index (Phi) is 34.3. The first-order valence-corrected chi connectivity index (χ1v) is 20.9. The van der Waals surface area contributed by atoms with Crippen molar-refractivity contribution in [3.63, 3.8) is 0 Å². The van der Waals surface area contributed by atoms with Gasteiger partial charge in [0.2, 0.25) is 0 Å². The Morgan fingerprint density at radius 1 is 0.600 bits per heavy atom. The minimum absolute atomic E-state index is 0.171. The summed E-state index contributed by atoms with van der Waals surface area (Å²) in [5, 5.41) is 18.3. The van der Waals surface area contributed by atoms with E-state index in [2.05, 4.69) is 54.8 Å². The summed E-state index contributed by atoms with van der Waals surface area (Å²) in [6.45, 7) is 2.28. The van der Waals surface area contributed by atoms with E-state index in [1.165, 1.54) is 38.5 Å². The van der Waals surface area contributed by atoms with E-state index in [4.69, 9.17) is 19.1 Å². The van der Waals surface area contributed by atoms with Crippen LogP contribution in [0.5, 0.6) is 0 Å². The minimum Gasteiger partial charge on any atom is -0.462 e. The Bertz CT molecular complexity index is 936. The number of hydrogen-bond acceptors (Lipinski definition) is 9. The highest BCUT2D eigenvalue weighted by molar-refractivity contribution is 7.47. The lowest BCUT2D eigenvalue weighted by Gasteiger charge is -2.20. The van der Waals surface area contributed by atoms with Gasteiger partial charge < -0.3 is 24.6 Å². The van der Waals surface area contributed by atoms with Crippen molar-refractivity contribution in [3.05, 3.63) is 36.5 Å². The second kappa shape index (κ2) is 35.6. The molecular weight excluding hydrogens is 659 g/mol. The Labute approximate surface area is 303 Å². The summed E-state index contributed by atoms with van der Waals surface area (Å²) in [6.07, 6.45) is 33.9. The zero-order valence-electron chi connectivity index (χ0n) is 31.4. The smallest absolute Gasteiger partial charge is 0.462 e. The van der Waals surface area contributed by atoms with E-state index in [9.17, 15) is 24.2 Å². The molecule has 3 N–H and O–H groups in total. The average Bonchev–Trinajstić information content (AvgIpc) is 3.10. The topological polar surface area (TPSA) is 149 Å². The van der Waals surface area contributed by atoms with Crippen molar-refractivity contribution >= 4 is 19.8 Å². The van der Waals surface area contributed by atoms with Crippen molar-refractivity contribution in [2.45, 2.75) is 174 Å². The van der Waals surface area contributed by atoms with Gasteiger partial charge in [-0.3, -0.25) is 18.6 Å². The molecule has 0 amide bonds. The van der Waals surface area contributed by atoms with Crippen molar-refractivity contribution in [3.8, 4) is 0 Å². The molecule has 0 heterocycles. The molecule has 0 saturated heterocycles. The first kappa shape index (κ1) is 48.2. The number of rotatable bonds is 36. The van der Waals surface area contributed by atoms with E-state index in [-0.39, 0.29) is 19.4 Å². The van der Waals surface area contributed by atoms with E-state index in [1.54, 1.807) is 0 Å². The van der Waals surface area contributed by atoms with E-state index in [0.717, 1.165) is 83.5 Å². The molecule has 0 saturated carbocycles. The van der Waals surface area contributed by atoms with E-state index in [0.29, 0.717) is 12.8 Å². The summed E-state index contributed by atoms with van der Waals surface area (Å²) >= 11 is 0. The molecule has 0 spiro atoms. The van der Waals surface area contributed by atoms with Crippen LogP contribution in [-0.4, -0.2) is 65.7 Å². The molecule has 50 heavy (non-hydrogen) atoms. The molecule has 11 heteroatoms. The van der Waals surface area contributed by atoms with E-state index < -0.39 is 51.8 Å². The first-order chi connectivity index (χ1) is 24.2. The average molecular weight is 731 g/mol. The lowest BCUT2D eigenvalue weighted by Crippen LogP contribution is -2.29. The molecule has 0 aromatic carbocycles. The summed E-state index contributed by atoms with van der Waals surface area (Å²) in [7, 11) is -4.62. The SMILES string of the molecule is CCCC/C=C\C/C=C\CCCCCCCC(=O)OC[C@H](COP(=O)(O)OC[C@@H](O)CO)OC(=O)CCCCCCC/C=C\CCCCCC. The van der Waals surface area contributed by atoms with Gasteiger partial charge in [-0.2, -0.15) is 0 Å². The van der Waals surface area contributed by atoms with Crippen LogP contribution in [0.3, 0.4) is 0 Å². The van der Waals surface area contributed by atoms with Gasteiger partial charge in [0.15, 0.2) is 6.10 Å².